The highest BCUT2D eigenvalue weighted by atomic mass is 15.2. The Morgan fingerprint density at radius 3 is 3.00 bits per heavy atom. The van der Waals surface area contributed by atoms with Gasteiger partial charge in [0.25, 0.3) is 0 Å². The van der Waals surface area contributed by atoms with Crippen LogP contribution in [0.3, 0.4) is 0 Å². The summed E-state index contributed by atoms with van der Waals surface area (Å²) in [5.41, 5.74) is 8.41. The normalized spacial score (nSPS) is 13.9. The first-order valence-electron chi connectivity index (χ1n) is 7.02. The number of nitrogens with two attached hydrogens (primary N) is 1. The molecule has 1 aliphatic heterocycles. The Hall–Kier alpha value is -2.30. The van der Waals surface area contributed by atoms with Gasteiger partial charge in [-0.25, -0.2) is 0 Å². The molecule has 3 N–H and O–H groups in total. The van der Waals surface area contributed by atoms with Crippen molar-refractivity contribution in [2.24, 2.45) is 0 Å². The molecule has 1 aromatic carbocycles. The van der Waals surface area contributed by atoms with E-state index in [4.69, 9.17) is 5.73 Å². The number of nitrogens with one attached hydrogen (secondary N) is 1. The number of hydrogen-bond donors (Lipinski definition) is 2. The third-order valence-electron chi connectivity index (χ3n) is 3.47. The predicted molar refractivity (Wildman–Crippen MR) is 82.4 cm³/mol. The van der Waals surface area contributed by atoms with Gasteiger partial charge in [-0.1, -0.05) is 18.2 Å². The SMILES string of the molecule is CCNc1cc(N2CCCc3ccccc32)nc(N)n1. The van der Waals surface area contributed by atoms with Crippen LogP contribution in [-0.2, 0) is 6.42 Å². The summed E-state index contributed by atoms with van der Waals surface area (Å²) in [6.07, 6.45) is 2.24. The minimum Gasteiger partial charge on any atom is -0.370 e. The summed E-state index contributed by atoms with van der Waals surface area (Å²) < 4.78 is 0. The minimum absolute atomic E-state index is 0.307. The molecule has 1 aliphatic rings. The summed E-state index contributed by atoms with van der Waals surface area (Å²) in [6.45, 7) is 3.81. The third-order valence-corrected chi connectivity index (χ3v) is 3.47. The molecule has 0 saturated carbocycles. The molecule has 0 aliphatic carbocycles. The van der Waals surface area contributed by atoms with E-state index in [-0.39, 0.29) is 0 Å². The summed E-state index contributed by atoms with van der Waals surface area (Å²) in [5.74, 6) is 1.94. The fraction of sp³-hybridized carbons (Fsp3) is 0.333. The molecule has 0 radical (unpaired) electrons. The zero-order chi connectivity index (χ0) is 13.9. The van der Waals surface area contributed by atoms with Gasteiger partial charge < -0.3 is 16.0 Å². The zero-order valence-corrected chi connectivity index (χ0v) is 11.6. The van der Waals surface area contributed by atoms with Gasteiger partial charge in [0, 0.05) is 24.8 Å². The van der Waals surface area contributed by atoms with Crippen molar-refractivity contribution in [3.63, 3.8) is 0 Å². The molecular formula is C15H19N5. The summed E-state index contributed by atoms with van der Waals surface area (Å²) >= 11 is 0. The molecule has 0 unspecified atom stereocenters. The maximum absolute atomic E-state index is 5.83. The summed E-state index contributed by atoms with van der Waals surface area (Å²) in [6, 6.07) is 10.4. The molecule has 3 rings (SSSR count). The molecule has 0 fully saturated rings. The van der Waals surface area contributed by atoms with Crippen LogP contribution in [0.15, 0.2) is 30.3 Å². The van der Waals surface area contributed by atoms with Crippen molar-refractivity contribution in [3.05, 3.63) is 35.9 Å². The molecule has 5 nitrogen and oxygen atoms in total. The zero-order valence-electron chi connectivity index (χ0n) is 11.6. The third kappa shape index (κ3) is 2.39. The van der Waals surface area contributed by atoms with Gasteiger partial charge in [0.2, 0.25) is 5.95 Å². The molecule has 2 aromatic rings. The second-order valence-corrected chi connectivity index (χ2v) is 4.88. The lowest BCUT2D eigenvalue weighted by atomic mass is 10.0. The Bertz CT molecular complexity index is 611. The number of nitrogen functional groups attached to an aromatic ring is 1. The molecule has 5 heteroatoms. The maximum atomic E-state index is 5.83. The van der Waals surface area contributed by atoms with Gasteiger partial charge in [-0.15, -0.1) is 0 Å². The lowest BCUT2D eigenvalue weighted by Gasteiger charge is -2.30. The number of aryl methyl sites for hydroxylation is 1. The number of benzene rings is 1. The second kappa shape index (κ2) is 5.36. The maximum Gasteiger partial charge on any atom is 0.223 e. The lowest BCUT2D eigenvalue weighted by Crippen LogP contribution is -2.25. The number of rotatable bonds is 3. The van der Waals surface area contributed by atoms with Gasteiger partial charge in [0.1, 0.15) is 11.6 Å². The molecule has 0 bridgehead atoms. The molecule has 0 spiro atoms. The van der Waals surface area contributed by atoms with Crippen LogP contribution in [-0.4, -0.2) is 23.1 Å². The van der Waals surface area contributed by atoms with Gasteiger partial charge in [-0.3, -0.25) is 0 Å². The average Bonchev–Trinajstić information content (AvgIpc) is 2.46. The first kappa shape index (κ1) is 12.7. The Morgan fingerprint density at radius 2 is 2.15 bits per heavy atom. The predicted octanol–water partition coefficient (Wildman–Crippen LogP) is 2.57. The van der Waals surface area contributed by atoms with E-state index in [0.29, 0.717) is 5.95 Å². The Kier molecular flexibility index (Phi) is 3.41. The molecule has 0 amide bonds. The molecule has 20 heavy (non-hydrogen) atoms. The highest BCUT2D eigenvalue weighted by Crippen LogP contribution is 2.33. The standard InChI is InChI=1S/C15H19N5/c1-2-17-13-10-14(19-15(16)18-13)20-9-5-7-11-6-3-4-8-12(11)20/h3-4,6,8,10H,2,5,7,9H2,1H3,(H3,16,17,18,19). The number of aromatic nitrogens is 2. The van der Waals surface area contributed by atoms with E-state index < -0.39 is 0 Å². The van der Waals surface area contributed by atoms with Crippen LogP contribution in [0.25, 0.3) is 0 Å². The van der Waals surface area contributed by atoms with Gasteiger partial charge in [-0.2, -0.15) is 9.97 Å². The molecule has 0 atom stereocenters. The van der Waals surface area contributed by atoms with E-state index in [1.165, 1.54) is 11.3 Å². The highest BCUT2D eigenvalue weighted by Gasteiger charge is 2.19. The molecular weight excluding hydrogens is 250 g/mol. The number of nitrogens with zero attached hydrogens (tertiary/aromatic N) is 3. The molecule has 1 aromatic heterocycles. The lowest BCUT2D eigenvalue weighted by molar-refractivity contribution is 0.759. The molecule has 2 heterocycles. The summed E-state index contributed by atoms with van der Waals surface area (Å²) in [5, 5.41) is 3.19. The molecule has 0 saturated heterocycles. The van der Waals surface area contributed by atoms with E-state index >= 15 is 0 Å². The van der Waals surface area contributed by atoms with E-state index in [9.17, 15) is 0 Å². The number of para-hydroxylation sites is 1. The van der Waals surface area contributed by atoms with Crippen molar-refractivity contribution in [2.75, 3.05) is 29.0 Å². The van der Waals surface area contributed by atoms with Crippen LogP contribution in [0.5, 0.6) is 0 Å². The van der Waals surface area contributed by atoms with Crippen molar-refractivity contribution in [3.8, 4) is 0 Å². The smallest absolute Gasteiger partial charge is 0.223 e. The molecule has 104 valence electrons. The van der Waals surface area contributed by atoms with E-state index in [2.05, 4.69) is 44.5 Å². The van der Waals surface area contributed by atoms with Crippen LogP contribution in [0.1, 0.15) is 18.9 Å². The van der Waals surface area contributed by atoms with Gasteiger partial charge in [-0.05, 0) is 31.4 Å². The Morgan fingerprint density at radius 1 is 1.30 bits per heavy atom. The summed E-state index contributed by atoms with van der Waals surface area (Å²) in [4.78, 5) is 10.8. The van der Waals surface area contributed by atoms with E-state index in [1.807, 2.05) is 13.0 Å². The quantitative estimate of drug-likeness (QED) is 0.896. The fourth-order valence-electron chi connectivity index (χ4n) is 2.63. The number of fused-ring (bicyclic) bond motifs is 1. The van der Waals surface area contributed by atoms with Crippen LogP contribution >= 0.6 is 0 Å². The monoisotopic (exact) mass is 269 g/mol. The van der Waals surface area contributed by atoms with Gasteiger partial charge in [0.15, 0.2) is 0 Å². The topological polar surface area (TPSA) is 67.1 Å². The fourth-order valence-corrected chi connectivity index (χ4v) is 2.63. The Balaban J connectivity index is 2.01. The summed E-state index contributed by atoms with van der Waals surface area (Å²) in [7, 11) is 0. The van der Waals surface area contributed by atoms with E-state index in [1.54, 1.807) is 0 Å². The average molecular weight is 269 g/mol. The van der Waals surface area contributed by atoms with Crippen molar-refractivity contribution in [1.29, 1.82) is 0 Å². The van der Waals surface area contributed by atoms with Gasteiger partial charge >= 0.3 is 0 Å². The van der Waals surface area contributed by atoms with Crippen molar-refractivity contribution < 1.29 is 0 Å². The van der Waals surface area contributed by atoms with E-state index in [0.717, 1.165) is 37.6 Å². The van der Waals surface area contributed by atoms with Crippen LogP contribution in [0.4, 0.5) is 23.3 Å². The van der Waals surface area contributed by atoms with Gasteiger partial charge in [0.05, 0.1) is 0 Å². The van der Waals surface area contributed by atoms with Crippen LogP contribution in [0.2, 0.25) is 0 Å². The highest BCUT2D eigenvalue weighted by molar-refractivity contribution is 5.67. The van der Waals surface area contributed by atoms with Crippen molar-refractivity contribution in [1.82, 2.24) is 9.97 Å². The minimum atomic E-state index is 0.307. The first-order valence-corrected chi connectivity index (χ1v) is 7.02. The largest absolute Gasteiger partial charge is 0.370 e. The van der Waals surface area contributed by atoms with Crippen molar-refractivity contribution >= 4 is 23.3 Å². The first-order chi connectivity index (χ1) is 9.78. The number of hydrogen-bond acceptors (Lipinski definition) is 5. The van der Waals surface area contributed by atoms with Crippen molar-refractivity contribution in [2.45, 2.75) is 19.8 Å². The van der Waals surface area contributed by atoms with Crippen LogP contribution in [0, 0.1) is 0 Å². The Labute approximate surface area is 118 Å². The van der Waals surface area contributed by atoms with Crippen LogP contribution < -0.4 is 16.0 Å². The number of anilines is 4. The second-order valence-electron chi connectivity index (χ2n) is 4.88.